The predicted molar refractivity (Wildman–Crippen MR) is 59.4 cm³/mol. The Labute approximate surface area is 102 Å². The molecule has 1 rings (SSSR count). The molecule has 0 aliphatic carbocycles. The average Bonchev–Trinajstić information content (AvgIpc) is 2.25. The van der Waals surface area contributed by atoms with Gasteiger partial charge in [-0.3, -0.25) is 0 Å². The molecule has 1 aromatic carbocycles. The van der Waals surface area contributed by atoms with Crippen LogP contribution in [-0.2, 0) is 10.3 Å². The maximum absolute atomic E-state index is 13.8. The molecule has 0 amide bonds. The van der Waals surface area contributed by atoms with Gasteiger partial charge in [0.2, 0.25) is 0 Å². The van der Waals surface area contributed by atoms with Crippen LogP contribution >= 0.6 is 0 Å². The lowest BCUT2D eigenvalue weighted by Crippen LogP contribution is -2.50. The second kappa shape index (κ2) is 4.61. The largest absolute Gasteiger partial charge is 0.480 e. The van der Waals surface area contributed by atoms with Crippen molar-refractivity contribution in [3.63, 3.8) is 0 Å². The van der Waals surface area contributed by atoms with Crippen LogP contribution < -0.4 is 5.73 Å². The van der Waals surface area contributed by atoms with Gasteiger partial charge in [0.25, 0.3) is 0 Å². The maximum atomic E-state index is 13.8. The number of carboxylic acid groups (broad SMARTS) is 1. The fourth-order valence-electron chi connectivity index (χ4n) is 1.74. The first-order chi connectivity index (χ1) is 8.13. The molecule has 0 spiro atoms. The van der Waals surface area contributed by atoms with E-state index in [2.05, 4.69) is 0 Å². The van der Waals surface area contributed by atoms with Gasteiger partial charge in [0.05, 0.1) is 5.56 Å². The van der Waals surface area contributed by atoms with Crippen LogP contribution in [0.2, 0.25) is 0 Å². The van der Waals surface area contributed by atoms with Crippen molar-refractivity contribution in [2.24, 2.45) is 11.7 Å². The molecule has 0 aliphatic rings. The van der Waals surface area contributed by atoms with E-state index in [1.165, 1.54) is 20.8 Å². The van der Waals surface area contributed by atoms with Gasteiger partial charge >= 0.3 is 5.97 Å². The normalized spacial score (nSPS) is 14.7. The Bertz CT molecular complexity index is 503. The lowest BCUT2D eigenvalue weighted by atomic mass is 9.80. The summed E-state index contributed by atoms with van der Waals surface area (Å²) < 4.78 is 41.0. The standard InChI is InChI=1S/C12H14F3NO2/c1-5(2)12(16,11(17)18)8-7(13)4-6(3)9(14)10(8)15/h4-5H,16H2,1-3H3,(H,17,18)/t12-/m0/s1. The minimum Gasteiger partial charge on any atom is -0.480 e. The molecule has 3 N–H and O–H groups in total. The molecule has 1 atom stereocenters. The lowest BCUT2D eigenvalue weighted by Gasteiger charge is -2.30. The number of aryl methyl sites for hydroxylation is 1. The van der Waals surface area contributed by atoms with E-state index in [0.29, 0.717) is 0 Å². The third-order valence-electron chi connectivity index (χ3n) is 3.02. The van der Waals surface area contributed by atoms with E-state index >= 15 is 0 Å². The quantitative estimate of drug-likeness (QED) is 0.821. The van der Waals surface area contributed by atoms with Crippen LogP contribution in [0, 0.1) is 30.3 Å². The number of hydrogen-bond donors (Lipinski definition) is 2. The van der Waals surface area contributed by atoms with Gasteiger partial charge in [0.1, 0.15) is 11.4 Å². The van der Waals surface area contributed by atoms with Gasteiger partial charge < -0.3 is 10.8 Å². The minimum absolute atomic E-state index is 0.245. The second-order valence-corrected chi connectivity index (χ2v) is 4.51. The molecule has 0 radical (unpaired) electrons. The number of halogens is 3. The highest BCUT2D eigenvalue weighted by molar-refractivity contribution is 5.81. The number of hydrogen-bond acceptors (Lipinski definition) is 2. The Morgan fingerprint density at radius 1 is 1.33 bits per heavy atom. The average molecular weight is 261 g/mol. The first-order valence-electron chi connectivity index (χ1n) is 5.30. The number of rotatable bonds is 3. The molecule has 3 nitrogen and oxygen atoms in total. The number of benzene rings is 1. The molecule has 0 aliphatic heterocycles. The Hall–Kier alpha value is -1.56. The summed E-state index contributed by atoms with van der Waals surface area (Å²) in [5.74, 6) is -6.43. The SMILES string of the molecule is Cc1cc(F)c([C@](N)(C(=O)O)C(C)C)c(F)c1F. The molecule has 6 heteroatoms. The molecule has 0 saturated heterocycles. The monoisotopic (exact) mass is 261 g/mol. The second-order valence-electron chi connectivity index (χ2n) is 4.51. The third-order valence-corrected chi connectivity index (χ3v) is 3.02. The molecule has 0 unspecified atom stereocenters. The summed E-state index contributed by atoms with van der Waals surface area (Å²) in [6.07, 6.45) is 0. The zero-order valence-corrected chi connectivity index (χ0v) is 10.2. The Morgan fingerprint density at radius 2 is 1.83 bits per heavy atom. The van der Waals surface area contributed by atoms with Crippen molar-refractivity contribution < 1.29 is 23.1 Å². The van der Waals surface area contributed by atoms with E-state index in [1.807, 2.05) is 0 Å². The summed E-state index contributed by atoms with van der Waals surface area (Å²) in [6.45, 7) is 3.97. The van der Waals surface area contributed by atoms with Gasteiger partial charge in [-0.1, -0.05) is 13.8 Å². The van der Waals surface area contributed by atoms with Crippen LogP contribution in [0.5, 0.6) is 0 Å². The summed E-state index contributed by atoms with van der Waals surface area (Å²) in [5, 5.41) is 9.08. The van der Waals surface area contributed by atoms with E-state index in [-0.39, 0.29) is 5.56 Å². The molecule has 0 aromatic heterocycles. The smallest absolute Gasteiger partial charge is 0.328 e. The molecular weight excluding hydrogens is 247 g/mol. The fraction of sp³-hybridized carbons (Fsp3) is 0.417. The summed E-state index contributed by atoms with van der Waals surface area (Å²) >= 11 is 0. The predicted octanol–water partition coefficient (Wildman–Crippen LogP) is 2.31. The van der Waals surface area contributed by atoms with Crippen LogP contribution in [0.4, 0.5) is 13.2 Å². The lowest BCUT2D eigenvalue weighted by molar-refractivity contribution is -0.146. The van der Waals surface area contributed by atoms with E-state index in [9.17, 15) is 18.0 Å². The van der Waals surface area contributed by atoms with Gasteiger partial charge in [-0.05, 0) is 24.5 Å². The van der Waals surface area contributed by atoms with Gasteiger partial charge in [0.15, 0.2) is 11.6 Å². The van der Waals surface area contributed by atoms with Crippen LogP contribution in [0.1, 0.15) is 25.0 Å². The van der Waals surface area contributed by atoms with E-state index in [1.54, 1.807) is 0 Å². The molecule has 0 heterocycles. The highest BCUT2D eigenvalue weighted by Gasteiger charge is 2.44. The first-order valence-corrected chi connectivity index (χ1v) is 5.30. The summed E-state index contributed by atoms with van der Waals surface area (Å²) in [6, 6.07) is 0.737. The maximum Gasteiger partial charge on any atom is 0.328 e. The molecule has 0 fully saturated rings. The Morgan fingerprint density at radius 3 is 2.22 bits per heavy atom. The van der Waals surface area contributed by atoms with Crippen LogP contribution in [0.15, 0.2) is 6.07 Å². The van der Waals surface area contributed by atoms with Gasteiger partial charge in [-0.2, -0.15) is 0 Å². The number of aliphatic carboxylic acids is 1. The van der Waals surface area contributed by atoms with E-state index in [4.69, 9.17) is 10.8 Å². The van der Waals surface area contributed by atoms with E-state index in [0.717, 1.165) is 6.07 Å². The minimum atomic E-state index is -2.32. The van der Waals surface area contributed by atoms with Crippen molar-refractivity contribution in [1.29, 1.82) is 0 Å². The zero-order valence-electron chi connectivity index (χ0n) is 10.2. The van der Waals surface area contributed by atoms with Gasteiger partial charge in [0, 0.05) is 0 Å². The summed E-state index contributed by atoms with van der Waals surface area (Å²) in [5.41, 5.74) is 2.07. The topological polar surface area (TPSA) is 63.3 Å². The zero-order chi connectivity index (χ0) is 14.2. The van der Waals surface area contributed by atoms with Crippen molar-refractivity contribution in [2.75, 3.05) is 0 Å². The molecule has 0 saturated carbocycles. The summed E-state index contributed by atoms with van der Waals surface area (Å²) in [7, 11) is 0. The Kier molecular flexibility index (Phi) is 3.71. The highest BCUT2D eigenvalue weighted by Crippen LogP contribution is 2.33. The Balaban J connectivity index is 3.68. The van der Waals surface area contributed by atoms with Crippen molar-refractivity contribution in [3.05, 3.63) is 34.6 Å². The van der Waals surface area contributed by atoms with Crippen LogP contribution in [0.3, 0.4) is 0 Å². The number of carbonyl (C=O) groups is 1. The first kappa shape index (κ1) is 14.5. The van der Waals surface area contributed by atoms with Gasteiger partial charge in [-0.25, -0.2) is 18.0 Å². The van der Waals surface area contributed by atoms with Crippen molar-refractivity contribution in [1.82, 2.24) is 0 Å². The van der Waals surface area contributed by atoms with Crippen molar-refractivity contribution in [2.45, 2.75) is 26.3 Å². The summed E-state index contributed by atoms with van der Waals surface area (Å²) in [4.78, 5) is 11.2. The van der Waals surface area contributed by atoms with E-state index < -0.39 is 40.4 Å². The van der Waals surface area contributed by atoms with Crippen LogP contribution in [0.25, 0.3) is 0 Å². The molecular formula is C12H14F3NO2. The number of carboxylic acids is 1. The highest BCUT2D eigenvalue weighted by atomic mass is 19.2. The van der Waals surface area contributed by atoms with Gasteiger partial charge in [-0.15, -0.1) is 0 Å². The molecule has 18 heavy (non-hydrogen) atoms. The third kappa shape index (κ3) is 1.96. The van der Waals surface area contributed by atoms with Crippen LogP contribution in [-0.4, -0.2) is 11.1 Å². The molecule has 0 bridgehead atoms. The number of nitrogens with two attached hydrogens (primary N) is 1. The molecule has 1 aromatic rings. The van der Waals surface area contributed by atoms with Crippen molar-refractivity contribution in [3.8, 4) is 0 Å². The molecule has 100 valence electrons. The fourth-order valence-corrected chi connectivity index (χ4v) is 1.74. The van der Waals surface area contributed by atoms with Crippen molar-refractivity contribution >= 4 is 5.97 Å².